The van der Waals surface area contributed by atoms with Crippen molar-refractivity contribution in [3.8, 4) is 0 Å². The normalized spacial score (nSPS) is 12.6. The molecule has 0 aliphatic heterocycles. The Morgan fingerprint density at radius 3 is 2.59 bits per heavy atom. The van der Waals surface area contributed by atoms with Gasteiger partial charge in [-0.3, -0.25) is 0 Å². The van der Waals surface area contributed by atoms with Crippen molar-refractivity contribution in [2.45, 2.75) is 33.6 Å². The smallest absolute Gasteiger partial charge is 0.140 e. The Labute approximate surface area is 105 Å². The third-order valence-electron chi connectivity index (χ3n) is 2.65. The lowest BCUT2D eigenvalue weighted by Gasteiger charge is -2.19. The highest BCUT2D eigenvalue weighted by Gasteiger charge is 2.03. The molecule has 0 aromatic rings. The van der Waals surface area contributed by atoms with Crippen molar-refractivity contribution >= 4 is 5.84 Å². The minimum absolute atomic E-state index is 0.282. The lowest BCUT2D eigenvalue weighted by molar-refractivity contribution is 0.0982. The summed E-state index contributed by atoms with van der Waals surface area (Å²) in [5, 5.41) is 11.4. The molecule has 0 bridgehead atoms. The van der Waals surface area contributed by atoms with E-state index in [2.05, 4.69) is 30.8 Å². The molecule has 0 fully saturated rings. The molecule has 3 N–H and O–H groups in total. The number of hydrogen-bond acceptors (Lipinski definition) is 4. The van der Waals surface area contributed by atoms with Crippen LogP contribution in [0, 0.1) is 5.92 Å². The molecule has 5 heteroatoms. The first kappa shape index (κ1) is 16.2. The van der Waals surface area contributed by atoms with E-state index in [1.165, 1.54) is 0 Å². The summed E-state index contributed by atoms with van der Waals surface area (Å²) in [6.07, 6.45) is 1.70. The van der Waals surface area contributed by atoms with Gasteiger partial charge >= 0.3 is 0 Å². The molecule has 0 saturated carbocycles. The van der Waals surface area contributed by atoms with Crippen LogP contribution < -0.4 is 5.73 Å². The van der Waals surface area contributed by atoms with E-state index in [9.17, 15) is 0 Å². The van der Waals surface area contributed by atoms with Crippen LogP contribution in [-0.4, -0.2) is 48.8 Å². The van der Waals surface area contributed by atoms with Crippen LogP contribution >= 0.6 is 0 Å². The lowest BCUT2D eigenvalue weighted by atomic mass is 10.1. The maximum Gasteiger partial charge on any atom is 0.140 e. The second-order valence-corrected chi connectivity index (χ2v) is 4.57. The number of hydrogen-bond donors (Lipinski definition) is 2. The van der Waals surface area contributed by atoms with Crippen LogP contribution in [0.25, 0.3) is 0 Å². The Balaban J connectivity index is 3.54. The van der Waals surface area contributed by atoms with Gasteiger partial charge in [0.05, 0.1) is 6.61 Å². The minimum Gasteiger partial charge on any atom is -0.409 e. The number of ether oxygens (including phenoxy) is 1. The highest BCUT2D eigenvalue weighted by Crippen LogP contribution is 1.99. The minimum atomic E-state index is 0.282. The predicted molar refractivity (Wildman–Crippen MR) is 70.4 cm³/mol. The molecule has 0 saturated heterocycles. The number of oxime groups is 1. The van der Waals surface area contributed by atoms with E-state index in [1.807, 2.05) is 0 Å². The number of nitrogens with two attached hydrogens (primary N) is 1. The molecule has 0 aliphatic carbocycles. The topological polar surface area (TPSA) is 71.1 Å². The molecule has 0 aromatic heterocycles. The Morgan fingerprint density at radius 1 is 1.35 bits per heavy atom. The van der Waals surface area contributed by atoms with Gasteiger partial charge in [0, 0.05) is 26.1 Å². The quantitative estimate of drug-likeness (QED) is 0.201. The van der Waals surface area contributed by atoms with Crippen LogP contribution in [-0.2, 0) is 4.74 Å². The molecular weight excluding hydrogens is 218 g/mol. The fraction of sp³-hybridized carbons (Fsp3) is 0.917. The number of rotatable bonds is 10. The maximum absolute atomic E-state index is 8.44. The summed E-state index contributed by atoms with van der Waals surface area (Å²) in [6, 6.07) is 0. The first-order chi connectivity index (χ1) is 8.10. The average molecular weight is 245 g/mol. The van der Waals surface area contributed by atoms with E-state index in [1.54, 1.807) is 0 Å². The van der Waals surface area contributed by atoms with Gasteiger partial charge in [-0.1, -0.05) is 25.9 Å². The third-order valence-corrected chi connectivity index (χ3v) is 2.65. The number of amidine groups is 1. The van der Waals surface area contributed by atoms with Crippen molar-refractivity contribution in [2.24, 2.45) is 16.8 Å². The van der Waals surface area contributed by atoms with Gasteiger partial charge in [-0.05, 0) is 18.9 Å². The van der Waals surface area contributed by atoms with Gasteiger partial charge in [-0.2, -0.15) is 0 Å². The second-order valence-electron chi connectivity index (χ2n) is 4.57. The molecule has 0 spiro atoms. The molecule has 0 radical (unpaired) electrons. The molecule has 0 atom stereocenters. The van der Waals surface area contributed by atoms with E-state index in [0.717, 1.165) is 39.3 Å². The molecular formula is C12H27N3O2. The Morgan fingerprint density at radius 2 is 2.06 bits per heavy atom. The molecule has 0 aliphatic rings. The molecule has 0 aromatic carbocycles. The molecule has 102 valence electrons. The summed E-state index contributed by atoms with van der Waals surface area (Å²) in [5.74, 6) is 0.974. The highest BCUT2D eigenvalue weighted by atomic mass is 16.5. The van der Waals surface area contributed by atoms with E-state index in [4.69, 9.17) is 15.7 Å². The Bertz CT molecular complexity index is 208. The fourth-order valence-electron chi connectivity index (χ4n) is 1.37. The number of nitrogens with zero attached hydrogens (tertiary/aromatic N) is 2. The van der Waals surface area contributed by atoms with Crippen LogP contribution in [0.1, 0.15) is 33.6 Å². The van der Waals surface area contributed by atoms with E-state index >= 15 is 0 Å². The molecule has 0 amide bonds. The molecule has 5 nitrogen and oxygen atoms in total. The van der Waals surface area contributed by atoms with Crippen molar-refractivity contribution < 1.29 is 9.94 Å². The molecule has 0 unspecified atom stereocenters. The summed E-state index contributed by atoms with van der Waals surface area (Å²) in [7, 11) is 0. The highest BCUT2D eigenvalue weighted by molar-refractivity contribution is 5.79. The SMILES string of the molecule is CCN(CCOCCC(C)C)CCC(N)=NO. The van der Waals surface area contributed by atoms with Gasteiger partial charge in [0.2, 0.25) is 0 Å². The predicted octanol–water partition coefficient (Wildman–Crippen LogP) is 1.51. The Hall–Kier alpha value is -0.810. The van der Waals surface area contributed by atoms with E-state index < -0.39 is 0 Å². The van der Waals surface area contributed by atoms with Crippen LogP contribution in [0.3, 0.4) is 0 Å². The molecule has 0 heterocycles. The molecule has 0 rings (SSSR count). The van der Waals surface area contributed by atoms with Gasteiger partial charge in [-0.25, -0.2) is 0 Å². The van der Waals surface area contributed by atoms with E-state index in [0.29, 0.717) is 12.3 Å². The lowest BCUT2D eigenvalue weighted by Crippen LogP contribution is -2.31. The number of likely N-dealkylation sites (N-methyl/N-ethyl adjacent to an activating group) is 1. The van der Waals surface area contributed by atoms with Gasteiger partial charge < -0.3 is 20.6 Å². The fourth-order valence-corrected chi connectivity index (χ4v) is 1.37. The summed E-state index contributed by atoms with van der Waals surface area (Å²) in [4.78, 5) is 2.23. The van der Waals surface area contributed by atoms with Gasteiger partial charge in [0.15, 0.2) is 0 Å². The zero-order valence-corrected chi connectivity index (χ0v) is 11.4. The van der Waals surface area contributed by atoms with Gasteiger partial charge in [0.25, 0.3) is 0 Å². The van der Waals surface area contributed by atoms with Crippen LogP contribution in [0.5, 0.6) is 0 Å². The van der Waals surface area contributed by atoms with Crippen molar-refractivity contribution in [2.75, 3.05) is 32.8 Å². The molecule has 17 heavy (non-hydrogen) atoms. The maximum atomic E-state index is 8.44. The van der Waals surface area contributed by atoms with E-state index in [-0.39, 0.29) is 5.84 Å². The van der Waals surface area contributed by atoms with Crippen molar-refractivity contribution in [1.82, 2.24) is 4.90 Å². The first-order valence-electron chi connectivity index (χ1n) is 6.36. The largest absolute Gasteiger partial charge is 0.409 e. The first-order valence-corrected chi connectivity index (χ1v) is 6.36. The zero-order valence-electron chi connectivity index (χ0n) is 11.4. The summed E-state index contributed by atoms with van der Waals surface area (Å²) in [5.41, 5.74) is 5.43. The van der Waals surface area contributed by atoms with Crippen LogP contribution in [0.4, 0.5) is 0 Å². The van der Waals surface area contributed by atoms with Gasteiger partial charge in [-0.15, -0.1) is 0 Å². The standard InChI is InChI=1S/C12H27N3O2/c1-4-15(7-5-12(13)14-16)8-10-17-9-6-11(2)3/h11,16H,4-10H2,1-3H3,(H2,13,14). The van der Waals surface area contributed by atoms with Crippen molar-refractivity contribution in [1.29, 1.82) is 0 Å². The summed E-state index contributed by atoms with van der Waals surface area (Å²) in [6.45, 7) is 10.7. The van der Waals surface area contributed by atoms with Crippen molar-refractivity contribution in [3.05, 3.63) is 0 Å². The van der Waals surface area contributed by atoms with Gasteiger partial charge in [0.1, 0.15) is 5.84 Å². The zero-order chi connectivity index (χ0) is 13.1. The third kappa shape index (κ3) is 10.1. The monoisotopic (exact) mass is 245 g/mol. The van der Waals surface area contributed by atoms with Crippen LogP contribution in [0.2, 0.25) is 0 Å². The van der Waals surface area contributed by atoms with Crippen molar-refractivity contribution in [3.63, 3.8) is 0 Å². The average Bonchev–Trinajstić information content (AvgIpc) is 2.31. The summed E-state index contributed by atoms with van der Waals surface area (Å²) < 4.78 is 5.56. The second kappa shape index (κ2) is 10.4. The Kier molecular flexibility index (Phi) is 9.86. The summed E-state index contributed by atoms with van der Waals surface area (Å²) >= 11 is 0. The van der Waals surface area contributed by atoms with Crippen LogP contribution in [0.15, 0.2) is 5.16 Å².